The van der Waals surface area contributed by atoms with Gasteiger partial charge in [-0.05, 0) is 17.5 Å². The Kier molecular flexibility index (Phi) is 5.51. The van der Waals surface area contributed by atoms with Crippen molar-refractivity contribution < 1.29 is 9.59 Å². The van der Waals surface area contributed by atoms with Gasteiger partial charge in [-0.25, -0.2) is 14.8 Å². The van der Waals surface area contributed by atoms with Crippen LogP contribution in [0.5, 0.6) is 0 Å². The van der Waals surface area contributed by atoms with Crippen molar-refractivity contribution in [2.24, 2.45) is 0 Å². The van der Waals surface area contributed by atoms with Crippen molar-refractivity contribution in [3.05, 3.63) is 40.8 Å². The van der Waals surface area contributed by atoms with Crippen LogP contribution in [0.3, 0.4) is 0 Å². The first-order valence-corrected chi connectivity index (χ1v) is 7.60. The second-order valence-electron chi connectivity index (χ2n) is 3.63. The Balaban J connectivity index is 1.67. The van der Waals surface area contributed by atoms with Crippen molar-refractivity contribution in [3.8, 4) is 0 Å². The summed E-state index contributed by atoms with van der Waals surface area (Å²) in [5.41, 5.74) is 0. The minimum absolute atomic E-state index is 0.0937. The number of urea groups is 1. The molecule has 8 heteroatoms. The zero-order chi connectivity index (χ0) is 14.2. The highest BCUT2D eigenvalue weighted by Crippen LogP contribution is 2.10. The van der Waals surface area contributed by atoms with Crippen molar-refractivity contribution in [3.63, 3.8) is 0 Å². The summed E-state index contributed by atoms with van der Waals surface area (Å²) >= 11 is 2.72. The number of imide groups is 1. The van der Waals surface area contributed by atoms with Gasteiger partial charge in [0, 0.05) is 17.3 Å². The highest BCUT2D eigenvalue weighted by atomic mass is 32.2. The van der Waals surface area contributed by atoms with Gasteiger partial charge in [0.25, 0.3) is 0 Å². The normalized spacial score (nSPS) is 10.0. The predicted octanol–water partition coefficient (Wildman–Crippen LogP) is 1.66. The molecule has 0 saturated carbocycles. The molecule has 104 valence electrons. The van der Waals surface area contributed by atoms with E-state index in [4.69, 9.17) is 0 Å². The van der Waals surface area contributed by atoms with E-state index in [1.54, 1.807) is 29.8 Å². The van der Waals surface area contributed by atoms with E-state index < -0.39 is 6.03 Å². The molecule has 0 aliphatic carbocycles. The third-order valence-corrected chi connectivity index (χ3v) is 3.88. The molecular weight excluding hydrogens is 296 g/mol. The summed E-state index contributed by atoms with van der Waals surface area (Å²) in [6.45, 7) is 0.408. The van der Waals surface area contributed by atoms with Gasteiger partial charge in [0.05, 0.1) is 12.3 Å². The second-order valence-corrected chi connectivity index (χ2v) is 5.61. The largest absolute Gasteiger partial charge is 0.333 e. The second kappa shape index (κ2) is 7.61. The van der Waals surface area contributed by atoms with E-state index in [1.807, 2.05) is 17.5 Å². The number of rotatable bonds is 5. The number of carbonyl (C=O) groups is 2. The minimum atomic E-state index is -0.502. The summed E-state index contributed by atoms with van der Waals surface area (Å²) in [7, 11) is 0. The third kappa shape index (κ3) is 4.98. The average Bonchev–Trinajstić information content (AvgIpc) is 2.97. The van der Waals surface area contributed by atoms with Gasteiger partial charge < -0.3 is 5.32 Å². The van der Waals surface area contributed by atoms with Crippen LogP contribution in [0.15, 0.2) is 41.1 Å². The molecular formula is C12H12N4O2S2. The standard InChI is InChI=1S/C12H12N4O2S2/c17-10(8-20-12-13-4-2-5-14-12)16-11(18)15-7-9-3-1-6-19-9/h1-6H,7-8H2,(H2,15,16,17,18). The molecule has 0 bridgehead atoms. The van der Waals surface area contributed by atoms with Crippen molar-refractivity contribution in [2.45, 2.75) is 11.7 Å². The number of aromatic nitrogens is 2. The molecule has 2 aromatic heterocycles. The van der Waals surface area contributed by atoms with Crippen LogP contribution in [-0.2, 0) is 11.3 Å². The Bertz CT molecular complexity index is 560. The number of carbonyl (C=O) groups excluding carboxylic acids is 2. The van der Waals surface area contributed by atoms with Gasteiger partial charge in [0.1, 0.15) is 0 Å². The Hall–Kier alpha value is -1.93. The molecule has 2 aromatic rings. The summed E-state index contributed by atoms with van der Waals surface area (Å²) < 4.78 is 0. The lowest BCUT2D eigenvalue weighted by Crippen LogP contribution is -2.39. The number of amides is 3. The maximum Gasteiger partial charge on any atom is 0.321 e. The number of nitrogens with one attached hydrogen (secondary N) is 2. The lowest BCUT2D eigenvalue weighted by atomic mass is 10.5. The van der Waals surface area contributed by atoms with E-state index in [9.17, 15) is 9.59 Å². The number of hydrogen-bond acceptors (Lipinski definition) is 6. The summed E-state index contributed by atoms with van der Waals surface area (Å²) in [5, 5.41) is 7.29. The van der Waals surface area contributed by atoms with E-state index in [0.29, 0.717) is 11.7 Å². The highest BCUT2D eigenvalue weighted by Gasteiger charge is 2.08. The smallest absolute Gasteiger partial charge is 0.321 e. The Morgan fingerprint density at radius 3 is 2.75 bits per heavy atom. The van der Waals surface area contributed by atoms with Crippen LogP contribution in [0.2, 0.25) is 0 Å². The van der Waals surface area contributed by atoms with Gasteiger partial charge in [0.2, 0.25) is 5.91 Å². The first kappa shape index (κ1) is 14.5. The van der Waals surface area contributed by atoms with E-state index >= 15 is 0 Å². The minimum Gasteiger partial charge on any atom is -0.333 e. The van der Waals surface area contributed by atoms with E-state index in [1.165, 1.54) is 11.8 Å². The molecule has 0 saturated heterocycles. The molecule has 0 atom stereocenters. The van der Waals surface area contributed by atoms with Gasteiger partial charge in [-0.15, -0.1) is 11.3 Å². The zero-order valence-corrected chi connectivity index (χ0v) is 12.0. The van der Waals surface area contributed by atoms with Gasteiger partial charge >= 0.3 is 6.03 Å². The molecule has 2 N–H and O–H groups in total. The Labute approximate surface area is 124 Å². The molecule has 2 heterocycles. The van der Waals surface area contributed by atoms with Crippen LogP contribution in [0, 0.1) is 0 Å². The number of nitrogens with zero attached hydrogens (tertiary/aromatic N) is 2. The monoisotopic (exact) mass is 308 g/mol. The molecule has 0 aromatic carbocycles. The predicted molar refractivity (Wildman–Crippen MR) is 77.5 cm³/mol. The van der Waals surface area contributed by atoms with Crippen LogP contribution in [0.4, 0.5) is 4.79 Å². The summed E-state index contributed by atoms with van der Waals surface area (Å²) in [4.78, 5) is 32.0. The van der Waals surface area contributed by atoms with Crippen LogP contribution >= 0.6 is 23.1 Å². The Morgan fingerprint density at radius 1 is 1.25 bits per heavy atom. The fourth-order valence-corrected chi connectivity index (χ4v) is 2.53. The van der Waals surface area contributed by atoms with Crippen molar-refractivity contribution in [1.82, 2.24) is 20.6 Å². The molecule has 6 nitrogen and oxygen atoms in total. The maximum atomic E-state index is 11.5. The van der Waals surface area contributed by atoms with Crippen LogP contribution < -0.4 is 10.6 Å². The quantitative estimate of drug-likeness (QED) is 0.648. The first-order chi connectivity index (χ1) is 9.74. The lowest BCUT2D eigenvalue weighted by Gasteiger charge is -2.05. The number of thioether (sulfide) groups is 1. The molecule has 0 aliphatic rings. The molecule has 2 rings (SSSR count). The van der Waals surface area contributed by atoms with Crippen LogP contribution in [0.1, 0.15) is 4.88 Å². The molecule has 0 aliphatic heterocycles. The average molecular weight is 308 g/mol. The van der Waals surface area contributed by atoms with Crippen LogP contribution in [0.25, 0.3) is 0 Å². The molecule has 3 amide bonds. The van der Waals surface area contributed by atoms with Gasteiger partial charge in [-0.2, -0.15) is 0 Å². The van der Waals surface area contributed by atoms with E-state index in [-0.39, 0.29) is 11.7 Å². The lowest BCUT2D eigenvalue weighted by molar-refractivity contribution is -0.117. The number of hydrogen-bond donors (Lipinski definition) is 2. The maximum absolute atomic E-state index is 11.5. The van der Waals surface area contributed by atoms with Crippen molar-refractivity contribution >= 4 is 35.0 Å². The van der Waals surface area contributed by atoms with Crippen molar-refractivity contribution in [2.75, 3.05) is 5.75 Å². The van der Waals surface area contributed by atoms with Crippen LogP contribution in [-0.4, -0.2) is 27.7 Å². The van der Waals surface area contributed by atoms with Gasteiger partial charge in [0.15, 0.2) is 5.16 Å². The third-order valence-electron chi connectivity index (χ3n) is 2.13. The molecule has 0 unspecified atom stereocenters. The molecule has 20 heavy (non-hydrogen) atoms. The fourth-order valence-electron chi connectivity index (χ4n) is 1.28. The first-order valence-electron chi connectivity index (χ1n) is 5.74. The van der Waals surface area contributed by atoms with E-state index in [2.05, 4.69) is 20.6 Å². The zero-order valence-electron chi connectivity index (χ0n) is 10.4. The molecule has 0 spiro atoms. The summed E-state index contributed by atoms with van der Waals surface area (Å²) in [5.74, 6) is -0.290. The fraction of sp³-hybridized carbons (Fsp3) is 0.167. The topological polar surface area (TPSA) is 84.0 Å². The number of thiophene rings is 1. The molecule has 0 fully saturated rings. The highest BCUT2D eigenvalue weighted by molar-refractivity contribution is 7.99. The van der Waals surface area contributed by atoms with Crippen molar-refractivity contribution in [1.29, 1.82) is 0 Å². The van der Waals surface area contributed by atoms with E-state index in [0.717, 1.165) is 4.88 Å². The summed E-state index contributed by atoms with van der Waals surface area (Å²) in [6.07, 6.45) is 3.20. The SMILES string of the molecule is O=C(CSc1ncccn1)NC(=O)NCc1cccs1. The van der Waals surface area contributed by atoms with Gasteiger partial charge in [-0.3, -0.25) is 10.1 Å². The Morgan fingerprint density at radius 2 is 2.05 bits per heavy atom. The summed E-state index contributed by atoms with van der Waals surface area (Å²) in [6, 6.07) is 5.01. The van der Waals surface area contributed by atoms with Gasteiger partial charge in [-0.1, -0.05) is 17.8 Å². The molecule has 0 radical (unpaired) electrons.